The Kier molecular flexibility index (Phi) is 4.93. The first-order valence-corrected chi connectivity index (χ1v) is 6.30. The van der Waals surface area contributed by atoms with Gasteiger partial charge in [-0.1, -0.05) is 0 Å². The van der Waals surface area contributed by atoms with Crippen LogP contribution in [0.2, 0.25) is 0 Å². The molecule has 1 N–H and O–H groups in total. The Morgan fingerprint density at radius 1 is 1.28 bits per heavy atom. The molecule has 1 amide bonds. The molecule has 0 aliphatic carbocycles. The summed E-state index contributed by atoms with van der Waals surface area (Å²) in [5, 5.41) is 2.53. The van der Waals surface area contributed by atoms with E-state index in [2.05, 4.69) is 5.32 Å². The second-order valence-electron chi connectivity index (χ2n) is 4.36. The highest BCUT2D eigenvalue weighted by Crippen LogP contribution is 2.16. The number of carbonyl (C=O) groups excluding carboxylic acids is 1. The Hall–Kier alpha value is -0.870. The molecule has 1 aromatic carbocycles. The van der Waals surface area contributed by atoms with Gasteiger partial charge in [0.15, 0.2) is 0 Å². The smallest absolute Gasteiger partial charge is 0.254 e. The van der Waals surface area contributed by atoms with Crippen molar-refractivity contribution in [3.63, 3.8) is 0 Å². The molecule has 6 heteroatoms. The third kappa shape index (κ3) is 3.33. The Bertz CT molecular complexity index is 462. The minimum Gasteiger partial charge on any atom is -0.344 e. The predicted octanol–water partition coefficient (Wildman–Crippen LogP) is 3.24. The fraction of sp³-hybridized carbons (Fsp3) is 0.417. The van der Waals surface area contributed by atoms with Crippen molar-refractivity contribution in [2.24, 2.45) is 0 Å². The van der Waals surface area contributed by atoms with Crippen molar-refractivity contribution < 1.29 is 13.6 Å². The summed E-state index contributed by atoms with van der Waals surface area (Å²) in [5.74, 6) is -2.10. The molecule has 0 unspecified atom stereocenters. The topological polar surface area (TPSA) is 29.1 Å². The molecule has 0 radical (unpaired) electrons. The predicted molar refractivity (Wildman–Crippen MR) is 68.4 cm³/mol. The number of halogens is 4. The molecule has 2 nitrogen and oxygen atoms in total. The Balaban J connectivity index is 3.01. The van der Waals surface area contributed by atoms with Gasteiger partial charge in [-0.3, -0.25) is 4.79 Å². The normalized spacial score (nSPS) is 11.4. The van der Waals surface area contributed by atoms with Crippen LogP contribution in [-0.2, 0) is 0 Å². The van der Waals surface area contributed by atoms with Gasteiger partial charge in [0.05, 0.1) is 11.1 Å². The zero-order valence-electron chi connectivity index (χ0n) is 9.99. The van der Waals surface area contributed by atoms with Crippen molar-refractivity contribution >= 4 is 29.1 Å². The number of hydrogen-bond acceptors (Lipinski definition) is 1. The van der Waals surface area contributed by atoms with Gasteiger partial charge < -0.3 is 5.32 Å². The number of nitrogens with one attached hydrogen (secondary N) is 1. The summed E-state index contributed by atoms with van der Waals surface area (Å²) >= 11 is 11.4. The van der Waals surface area contributed by atoms with Crippen molar-refractivity contribution in [2.45, 2.75) is 19.4 Å². The molecule has 0 aromatic heterocycles. The van der Waals surface area contributed by atoms with Gasteiger partial charge in [0.25, 0.3) is 5.91 Å². The van der Waals surface area contributed by atoms with Gasteiger partial charge in [-0.25, -0.2) is 8.78 Å². The Labute approximate surface area is 114 Å². The monoisotopic (exact) mass is 295 g/mol. The lowest BCUT2D eigenvalue weighted by molar-refractivity contribution is 0.0917. The van der Waals surface area contributed by atoms with Crippen molar-refractivity contribution in [3.8, 4) is 0 Å². The molecule has 0 spiro atoms. The lowest BCUT2D eigenvalue weighted by atomic mass is 10.1. The summed E-state index contributed by atoms with van der Waals surface area (Å²) in [6, 6.07) is 1.84. The summed E-state index contributed by atoms with van der Waals surface area (Å²) in [6.07, 6.45) is 0. The fourth-order valence-corrected chi connectivity index (χ4v) is 1.69. The summed E-state index contributed by atoms with van der Waals surface area (Å²) in [7, 11) is 0. The van der Waals surface area contributed by atoms with Crippen LogP contribution < -0.4 is 5.32 Å². The van der Waals surface area contributed by atoms with Crippen LogP contribution in [0.25, 0.3) is 0 Å². The highest BCUT2D eigenvalue weighted by molar-refractivity contribution is 6.22. The molecule has 0 saturated carbocycles. The molecule has 0 aliphatic rings. The van der Waals surface area contributed by atoms with E-state index in [1.807, 2.05) is 0 Å². The number of hydrogen-bond donors (Lipinski definition) is 1. The van der Waals surface area contributed by atoms with E-state index < -0.39 is 23.1 Å². The average molecular weight is 296 g/mol. The minimum absolute atomic E-state index is 0.0873. The Morgan fingerprint density at radius 3 is 2.33 bits per heavy atom. The SMILES string of the molecule is Cc1cc(C(=O)NC(C)(CCl)CCl)c(F)cc1F. The largest absolute Gasteiger partial charge is 0.344 e. The minimum atomic E-state index is -0.915. The first-order chi connectivity index (χ1) is 8.33. The molecule has 0 atom stereocenters. The van der Waals surface area contributed by atoms with Crippen LogP contribution in [-0.4, -0.2) is 23.2 Å². The maximum atomic E-state index is 13.5. The molecular weight excluding hydrogens is 283 g/mol. The van der Waals surface area contributed by atoms with E-state index in [1.165, 1.54) is 6.92 Å². The Morgan fingerprint density at radius 2 is 1.83 bits per heavy atom. The molecule has 0 saturated heterocycles. The molecule has 1 aromatic rings. The van der Waals surface area contributed by atoms with Gasteiger partial charge in [0, 0.05) is 17.8 Å². The lowest BCUT2D eigenvalue weighted by Crippen LogP contribution is -2.49. The first-order valence-electron chi connectivity index (χ1n) is 5.23. The standard InChI is InChI=1S/C12H13Cl2F2NO/c1-7-3-8(10(16)4-9(7)15)11(18)17-12(2,5-13)6-14/h3-4H,5-6H2,1-2H3,(H,17,18). The fourth-order valence-electron chi connectivity index (χ4n) is 1.28. The van der Waals surface area contributed by atoms with Crippen molar-refractivity contribution in [1.82, 2.24) is 5.32 Å². The van der Waals surface area contributed by atoms with Gasteiger partial charge in [-0.05, 0) is 25.5 Å². The first kappa shape index (κ1) is 15.2. The summed E-state index contributed by atoms with van der Waals surface area (Å²) in [6.45, 7) is 3.09. The van der Waals surface area contributed by atoms with Crippen LogP contribution in [0.1, 0.15) is 22.8 Å². The highest BCUT2D eigenvalue weighted by atomic mass is 35.5. The third-order valence-corrected chi connectivity index (χ3v) is 3.68. The van der Waals surface area contributed by atoms with Gasteiger partial charge in [0.1, 0.15) is 11.6 Å². The van der Waals surface area contributed by atoms with E-state index in [-0.39, 0.29) is 22.9 Å². The quantitative estimate of drug-likeness (QED) is 0.849. The van der Waals surface area contributed by atoms with Gasteiger partial charge >= 0.3 is 0 Å². The van der Waals surface area contributed by atoms with Crippen LogP contribution >= 0.6 is 23.2 Å². The van der Waals surface area contributed by atoms with Crippen molar-refractivity contribution in [3.05, 3.63) is 34.9 Å². The molecule has 0 aliphatic heterocycles. The highest BCUT2D eigenvalue weighted by Gasteiger charge is 2.26. The third-order valence-electron chi connectivity index (χ3n) is 2.50. The van der Waals surface area contributed by atoms with Crippen molar-refractivity contribution in [1.29, 1.82) is 0 Å². The zero-order chi connectivity index (χ0) is 13.9. The summed E-state index contributed by atoms with van der Waals surface area (Å²) in [4.78, 5) is 11.9. The maximum absolute atomic E-state index is 13.5. The lowest BCUT2D eigenvalue weighted by Gasteiger charge is -2.26. The molecule has 18 heavy (non-hydrogen) atoms. The van der Waals surface area contributed by atoms with Crippen LogP contribution in [0.5, 0.6) is 0 Å². The summed E-state index contributed by atoms with van der Waals surface area (Å²) < 4.78 is 26.6. The van der Waals surface area contributed by atoms with Gasteiger partial charge in [-0.2, -0.15) is 0 Å². The second-order valence-corrected chi connectivity index (χ2v) is 4.90. The van der Waals surface area contributed by atoms with Gasteiger partial charge in [0.2, 0.25) is 0 Å². The van der Waals surface area contributed by atoms with Crippen LogP contribution in [0.4, 0.5) is 8.78 Å². The molecular formula is C12H13Cl2F2NO. The zero-order valence-corrected chi connectivity index (χ0v) is 11.5. The molecule has 0 fully saturated rings. The molecule has 1 rings (SSSR count). The number of benzene rings is 1. The number of aryl methyl sites for hydroxylation is 1. The van der Waals surface area contributed by atoms with Gasteiger partial charge in [-0.15, -0.1) is 23.2 Å². The van der Waals surface area contributed by atoms with Crippen LogP contribution in [0.15, 0.2) is 12.1 Å². The van der Waals surface area contributed by atoms with E-state index in [4.69, 9.17) is 23.2 Å². The van der Waals surface area contributed by atoms with E-state index >= 15 is 0 Å². The molecule has 0 heterocycles. The van der Waals surface area contributed by atoms with E-state index in [1.54, 1.807) is 6.92 Å². The average Bonchev–Trinajstić information content (AvgIpc) is 2.33. The van der Waals surface area contributed by atoms with Crippen LogP contribution in [0.3, 0.4) is 0 Å². The number of carbonyl (C=O) groups is 1. The van der Waals surface area contributed by atoms with Crippen LogP contribution in [0, 0.1) is 18.6 Å². The van der Waals surface area contributed by atoms with Crippen molar-refractivity contribution in [2.75, 3.05) is 11.8 Å². The van der Waals surface area contributed by atoms with E-state index in [0.717, 1.165) is 6.07 Å². The summed E-state index contributed by atoms with van der Waals surface area (Å²) in [5.41, 5.74) is -0.870. The number of rotatable bonds is 4. The maximum Gasteiger partial charge on any atom is 0.254 e. The molecule has 100 valence electrons. The van der Waals surface area contributed by atoms with E-state index in [9.17, 15) is 13.6 Å². The second kappa shape index (κ2) is 5.85. The van der Waals surface area contributed by atoms with E-state index in [0.29, 0.717) is 6.07 Å². The molecule has 0 bridgehead atoms. The number of alkyl halides is 2. The number of amides is 1.